The molecule has 2 aromatic rings. The van der Waals surface area contributed by atoms with Gasteiger partial charge in [-0.3, -0.25) is 4.90 Å². The number of nitrogens with zero attached hydrogens (tertiary/aromatic N) is 4. The zero-order valence-electron chi connectivity index (χ0n) is 13.4. The molecule has 3 rings (SSSR count). The maximum absolute atomic E-state index is 12.9. The molecule has 1 aromatic carbocycles. The van der Waals surface area contributed by atoms with Crippen molar-refractivity contribution in [2.24, 2.45) is 7.05 Å². The first-order valence-electron chi connectivity index (χ1n) is 7.70. The number of rotatable bonds is 5. The van der Waals surface area contributed by atoms with E-state index in [0.29, 0.717) is 0 Å². The molecule has 0 aliphatic carbocycles. The molecule has 1 aliphatic heterocycles. The number of aromatic nitrogens is 3. The third-order valence-corrected chi connectivity index (χ3v) is 4.26. The van der Waals surface area contributed by atoms with Crippen molar-refractivity contribution in [1.82, 2.24) is 19.7 Å². The van der Waals surface area contributed by atoms with E-state index in [9.17, 15) is 4.39 Å². The van der Waals surface area contributed by atoms with Gasteiger partial charge in [0, 0.05) is 27.2 Å². The minimum Gasteiger partial charge on any atom is -0.380 e. The smallest absolute Gasteiger partial charge is 0.150 e. The Bertz CT molecular complexity index is 667. The third kappa shape index (κ3) is 3.65. The van der Waals surface area contributed by atoms with Crippen LogP contribution in [-0.4, -0.2) is 46.0 Å². The average molecular weight is 316 g/mol. The lowest BCUT2D eigenvalue weighted by Gasteiger charge is -2.21. The number of methoxy groups -OCH3 is 1. The average Bonchev–Trinajstić information content (AvgIpc) is 3.15. The van der Waals surface area contributed by atoms with Crippen LogP contribution in [-0.2, 0) is 11.8 Å². The predicted octanol–water partition coefficient (Wildman–Crippen LogP) is 2.43. The van der Waals surface area contributed by atoms with Gasteiger partial charge in [-0.2, -0.15) is 0 Å². The maximum Gasteiger partial charge on any atom is 0.150 e. The highest BCUT2D eigenvalue weighted by atomic mass is 19.1. The van der Waals surface area contributed by atoms with Crippen molar-refractivity contribution in [3.8, 4) is 0 Å². The summed E-state index contributed by atoms with van der Waals surface area (Å²) in [5, 5.41) is 8.22. The van der Waals surface area contributed by atoms with E-state index in [-0.39, 0.29) is 18.0 Å². The van der Waals surface area contributed by atoms with E-state index in [1.54, 1.807) is 25.6 Å². The minimum absolute atomic E-state index is 0.199. The Balaban J connectivity index is 1.69. The van der Waals surface area contributed by atoms with Gasteiger partial charge in [0.1, 0.15) is 18.0 Å². The molecule has 1 saturated heterocycles. The molecule has 5 nitrogen and oxygen atoms in total. The van der Waals surface area contributed by atoms with Gasteiger partial charge >= 0.3 is 0 Å². The highest BCUT2D eigenvalue weighted by Crippen LogP contribution is 2.31. The molecule has 2 atom stereocenters. The summed E-state index contributed by atoms with van der Waals surface area (Å²) < 4.78 is 20.4. The Kier molecular flexibility index (Phi) is 4.83. The molecular formula is C17H21FN4O. The Hall–Kier alpha value is -2.05. The zero-order valence-corrected chi connectivity index (χ0v) is 13.4. The number of hydrogen-bond acceptors (Lipinski definition) is 4. The quantitative estimate of drug-likeness (QED) is 0.850. The third-order valence-electron chi connectivity index (χ3n) is 4.26. The zero-order chi connectivity index (χ0) is 16.2. The first kappa shape index (κ1) is 15.8. The lowest BCUT2D eigenvalue weighted by molar-refractivity contribution is 0.109. The SMILES string of the molecule is CO[C@@H]1C[C@@H](c2nncn2C)N(C/C=C/c2ccc(F)cc2)C1. The summed E-state index contributed by atoms with van der Waals surface area (Å²) in [5.41, 5.74) is 0.990. The second-order valence-electron chi connectivity index (χ2n) is 5.82. The number of halogens is 1. The van der Waals surface area contributed by atoms with E-state index in [1.165, 1.54) is 12.1 Å². The molecule has 1 fully saturated rings. The van der Waals surface area contributed by atoms with Gasteiger partial charge in [-0.1, -0.05) is 24.3 Å². The van der Waals surface area contributed by atoms with Crippen molar-refractivity contribution < 1.29 is 9.13 Å². The summed E-state index contributed by atoms with van der Waals surface area (Å²) in [6.07, 6.45) is 6.94. The standard InChI is InChI=1S/C17H21FN4O/c1-21-12-19-20-17(21)16-10-15(23-2)11-22(16)9-3-4-13-5-7-14(18)8-6-13/h3-8,12,15-16H,9-11H2,1-2H3/b4-3+/t15-,16+/m1/s1. The van der Waals surface area contributed by atoms with Crippen LogP contribution in [0.15, 0.2) is 36.7 Å². The van der Waals surface area contributed by atoms with Crippen LogP contribution in [0.1, 0.15) is 23.9 Å². The number of aryl methyl sites for hydroxylation is 1. The highest BCUT2D eigenvalue weighted by molar-refractivity contribution is 5.49. The van der Waals surface area contributed by atoms with Gasteiger partial charge in [0.05, 0.1) is 12.1 Å². The van der Waals surface area contributed by atoms with E-state index in [1.807, 2.05) is 17.7 Å². The van der Waals surface area contributed by atoms with Crippen molar-refractivity contribution >= 4 is 6.08 Å². The second-order valence-corrected chi connectivity index (χ2v) is 5.82. The van der Waals surface area contributed by atoms with Crippen LogP contribution in [0.2, 0.25) is 0 Å². The summed E-state index contributed by atoms with van der Waals surface area (Å²) >= 11 is 0. The summed E-state index contributed by atoms with van der Waals surface area (Å²) in [5.74, 6) is 0.742. The summed E-state index contributed by atoms with van der Waals surface area (Å²) in [6, 6.07) is 6.69. The number of ether oxygens (including phenoxy) is 1. The van der Waals surface area contributed by atoms with Crippen LogP contribution < -0.4 is 0 Å². The Morgan fingerprint density at radius 2 is 2.13 bits per heavy atom. The molecule has 0 bridgehead atoms. The van der Waals surface area contributed by atoms with Crippen LogP contribution in [0.3, 0.4) is 0 Å². The van der Waals surface area contributed by atoms with E-state index < -0.39 is 0 Å². The summed E-state index contributed by atoms with van der Waals surface area (Å²) in [4.78, 5) is 2.33. The molecule has 6 heteroatoms. The topological polar surface area (TPSA) is 43.2 Å². The van der Waals surface area contributed by atoms with Gasteiger partial charge in [0.15, 0.2) is 0 Å². The van der Waals surface area contributed by atoms with E-state index in [2.05, 4.69) is 21.2 Å². The molecule has 1 aliphatic rings. The number of likely N-dealkylation sites (tertiary alicyclic amines) is 1. The number of benzene rings is 1. The molecule has 0 saturated carbocycles. The molecule has 0 radical (unpaired) electrons. The highest BCUT2D eigenvalue weighted by Gasteiger charge is 2.34. The van der Waals surface area contributed by atoms with Crippen LogP contribution in [0.5, 0.6) is 0 Å². The molecule has 0 spiro atoms. The lowest BCUT2D eigenvalue weighted by Crippen LogP contribution is -2.26. The largest absolute Gasteiger partial charge is 0.380 e. The summed E-state index contributed by atoms with van der Waals surface area (Å²) in [7, 11) is 3.71. The Labute approximate surface area is 135 Å². The van der Waals surface area contributed by atoms with Gasteiger partial charge in [-0.05, 0) is 24.1 Å². The Morgan fingerprint density at radius 1 is 1.35 bits per heavy atom. The molecule has 2 heterocycles. The van der Waals surface area contributed by atoms with Crippen molar-refractivity contribution in [3.05, 3.63) is 53.9 Å². The second kappa shape index (κ2) is 7.02. The van der Waals surface area contributed by atoms with Crippen molar-refractivity contribution in [3.63, 3.8) is 0 Å². The molecule has 1 aromatic heterocycles. The molecule has 0 unspecified atom stereocenters. The first-order valence-corrected chi connectivity index (χ1v) is 7.70. The van der Waals surface area contributed by atoms with E-state index in [4.69, 9.17) is 4.74 Å². The van der Waals surface area contributed by atoms with Gasteiger partial charge < -0.3 is 9.30 Å². The molecule has 0 N–H and O–H groups in total. The van der Waals surface area contributed by atoms with Gasteiger partial charge in [-0.15, -0.1) is 10.2 Å². The first-order chi connectivity index (χ1) is 11.2. The molecule has 0 amide bonds. The monoisotopic (exact) mass is 316 g/mol. The van der Waals surface area contributed by atoms with E-state index >= 15 is 0 Å². The molecule has 122 valence electrons. The Morgan fingerprint density at radius 3 is 2.78 bits per heavy atom. The molecular weight excluding hydrogens is 295 g/mol. The minimum atomic E-state index is -0.216. The van der Waals surface area contributed by atoms with Gasteiger partial charge in [-0.25, -0.2) is 4.39 Å². The van der Waals surface area contributed by atoms with Gasteiger partial charge in [0.25, 0.3) is 0 Å². The fraction of sp³-hybridized carbons (Fsp3) is 0.412. The van der Waals surface area contributed by atoms with Gasteiger partial charge in [0.2, 0.25) is 0 Å². The van der Waals surface area contributed by atoms with Crippen molar-refractivity contribution in [2.45, 2.75) is 18.6 Å². The molecule has 23 heavy (non-hydrogen) atoms. The number of hydrogen-bond donors (Lipinski definition) is 0. The maximum atomic E-state index is 12.9. The van der Waals surface area contributed by atoms with E-state index in [0.717, 1.165) is 30.9 Å². The fourth-order valence-electron chi connectivity index (χ4n) is 2.99. The lowest BCUT2D eigenvalue weighted by atomic mass is 10.2. The predicted molar refractivity (Wildman–Crippen MR) is 86.2 cm³/mol. The van der Waals surface area contributed by atoms with Crippen molar-refractivity contribution in [1.29, 1.82) is 0 Å². The summed E-state index contributed by atoms with van der Waals surface area (Å²) in [6.45, 7) is 1.65. The fourth-order valence-corrected chi connectivity index (χ4v) is 2.99. The van der Waals surface area contributed by atoms with Crippen LogP contribution in [0.4, 0.5) is 4.39 Å². The van der Waals surface area contributed by atoms with Crippen LogP contribution in [0, 0.1) is 5.82 Å². The normalized spacial score (nSPS) is 22.2. The van der Waals surface area contributed by atoms with Crippen LogP contribution >= 0.6 is 0 Å². The van der Waals surface area contributed by atoms with Crippen LogP contribution in [0.25, 0.3) is 6.08 Å². The van der Waals surface area contributed by atoms with Crippen molar-refractivity contribution in [2.75, 3.05) is 20.2 Å².